The SMILES string of the molecule is CN1C=CN=C(N)/C1=C(/N=CC12CCC(NC(=O)/C=C/CN3CCCC3)(CC1)C2)c1ccc(C(=O)Nc2cc(C(F)(F)F)ccn2)cc1. The molecule has 2 aromatic rings. The van der Waals surface area contributed by atoms with Gasteiger partial charge in [0, 0.05) is 66.6 Å². The maximum absolute atomic E-state index is 13.1. The number of nitrogens with zero attached hydrogens (tertiary/aromatic N) is 5. The van der Waals surface area contributed by atoms with E-state index in [0.717, 1.165) is 70.1 Å². The van der Waals surface area contributed by atoms with Crippen LogP contribution in [0.2, 0.25) is 0 Å². The van der Waals surface area contributed by atoms with Gasteiger partial charge in [-0.1, -0.05) is 18.2 Å². The van der Waals surface area contributed by atoms with Gasteiger partial charge in [-0.05, 0) is 82.3 Å². The van der Waals surface area contributed by atoms with Crippen LogP contribution in [0.25, 0.3) is 5.70 Å². The van der Waals surface area contributed by atoms with E-state index in [0.29, 0.717) is 17.0 Å². The summed E-state index contributed by atoms with van der Waals surface area (Å²) in [6.07, 6.45) is 12.1. The first-order chi connectivity index (χ1) is 22.9. The number of carbonyl (C=O) groups excluding carboxylic acids is 2. The number of carbonyl (C=O) groups is 2. The molecule has 4 aliphatic rings. The number of nitrogens with two attached hydrogens (primary N) is 1. The van der Waals surface area contributed by atoms with Gasteiger partial charge in [-0.15, -0.1) is 0 Å². The predicted octanol–water partition coefficient (Wildman–Crippen LogP) is 5.34. The molecule has 1 aromatic heterocycles. The Kier molecular flexibility index (Phi) is 9.24. The standard InChI is InChI=1S/C35H39F3N8O2/c1-45-20-16-41-31(39)30(45)29(24-6-8-25(9-7-24)32(48)43-27-21-26(10-15-40-27)35(36,37)38)42-23-33-11-13-34(22-33,14-12-33)44-28(47)5-4-19-46-17-2-3-18-46/h4-10,15-16,20-21,23H,2-3,11-14,17-19,22H2,1H3,(H2,39,41)(H,44,47)(H,40,43,48)/b5-4+,30-29-,42-23?. The minimum atomic E-state index is -4.56. The number of fused-ring (bicyclic) bond motifs is 2. The summed E-state index contributed by atoms with van der Waals surface area (Å²) in [5.41, 5.74) is 7.04. The van der Waals surface area contributed by atoms with Gasteiger partial charge in [0.2, 0.25) is 5.91 Å². The molecule has 0 radical (unpaired) electrons. The molecular formula is C35H39F3N8O2. The zero-order valence-corrected chi connectivity index (χ0v) is 26.8. The number of alkyl halides is 3. The number of anilines is 1. The summed E-state index contributed by atoms with van der Waals surface area (Å²) in [5, 5.41) is 5.74. The number of aliphatic imine (C=N–C) groups is 2. The molecule has 10 nitrogen and oxygen atoms in total. The molecule has 3 fully saturated rings. The molecule has 3 heterocycles. The lowest BCUT2D eigenvalue weighted by atomic mass is 9.85. The zero-order valence-electron chi connectivity index (χ0n) is 26.8. The molecule has 0 atom stereocenters. The van der Waals surface area contributed by atoms with Crippen LogP contribution in [0.15, 0.2) is 82.8 Å². The number of likely N-dealkylation sites (N-methyl/N-ethyl adjacent to an activating group) is 1. The van der Waals surface area contributed by atoms with Gasteiger partial charge in [0.25, 0.3) is 5.91 Å². The van der Waals surface area contributed by atoms with Crippen LogP contribution < -0.4 is 16.4 Å². The van der Waals surface area contributed by atoms with Crippen LogP contribution in [-0.4, -0.2) is 70.9 Å². The molecule has 2 bridgehead atoms. The number of amidine groups is 1. The van der Waals surface area contributed by atoms with E-state index in [2.05, 4.69) is 25.5 Å². The zero-order chi connectivity index (χ0) is 33.9. The van der Waals surface area contributed by atoms with E-state index in [-0.39, 0.29) is 34.1 Å². The summed E-state index contributed by atoms with van der Waals surface area (Å²) in [6, 6.07) is 8.20. The fourth-order valence-corrected chi connectivity index (χ4v) is 7.11. The maximum atomic E-state index is 13.1. The van der Waals surface area contributed by atoms with Gasteiger partial charge in [-0.25, -0.2) is 9.98 Å². The number of hydrogen-bond donors (Lipinski definition) is 3. The number of nitrogens with one attached hydrogen (secondary N) is 2. The van der Waals surface area contributed by atoms with Crippen molar-refractivity contribution in [3.05, 3.63) is 89.5 Å². The summed E-state index contributed by atoms with van der Waals surface area (Å²) >= 11 is 0. The molecule has 252 valence electrons. The lowest BCUT2D eigenvalue weighted by molar-refractivity contribution is -0.137. The Morgan fingerprint density at radius 3 is 2.46 bits per heavy atom. The van der Waals surface area contributed by atoms with Crippen molar-refractivity contribution in [3.8, 4) is 0 Å². The van der Waals surface area contributed by atoms with Crippen LogP contribution in [0.4, 0.5) is 19.0 Å². The summed E-state index contributed by atoms with van der Waals surface area (Å²) < 4.78 is 39.4. The van der Waals surface area contributed by atoms with E-state index in [4.69, 9.17) is 10.7 Å². The Morgan fingerprint density at radius 2 is 1.77 bits per heavy atom. The molecule has 1 saturated heterocycles. The van der Waals surface area contributed by atoms with Crippen LogP contribution in [0.1, 0.15) is 66.4 Å². The minimum Gasteiger partial charge on any atom is -0.382 e. The smallest absolute Gasteiger partial charge is 0.382 e. The van der Waals surface area contributed by atoms with Gasteiger partial charge >= 0.3 is 6.18 Å². The van der Waals surface area contributed by atoms with Crippen LogP contribution in [0.3, 0.4) is 0 Å². The number of halogens is 3. The van der Waals surface area contributed by atoms with Crippen molar-refractivity contribution in [3.63, 3.8) is 0 Å². The van der Waals surface area contributed by atoms with Crippen LogP contribution in [-0.2, 0) is 11.0 Å². The first kappa shape index (κ1) is 33.1. The molecule has 1 aromatic carbocycles. The summed E-state index contributed by atoms with van der Waals surface area (Å²) in [7, 11) is 1.84. The molecule has 2 aliphatic heterocycles. The van der Waals surface area contributed by atoms with Gasteiger partial charge in [0.1, 0.15) is 17.4 Å². The topological polar surface area (TPSA) is 128 Å². The lowest BCUT2D eigenvalue weighted by Crippen LogP contribution is -2.44. The highest BCUT2D eigenvalue weighted by Gasteiger charge is 2.54. The van der Waals surface area contributed by atoms with E-state index >= 15 is 0 Å². The van der Waals surface area contributed by atoms with E-state index in [9.17, 15) is 22.8 Å². The van der Waals surface area contributed by atoms with Gasteiger partial charge in [0.15, 0.2) is 0 Å². The van der Waals surface area contributed by atoms with E-state index in [1.807, 2.05) is 24.2 Å². The second-order valence-corrected chi connectivity index (χ2v) is 13.1. The molecule has 2 aliphatic carbocycles. The molecule has 6 rings (SSSR count). The molecule has 4 N–H and O–H groups in total. The molecule has 0 spiro atoms. The quantitative estimate of drug-likeness (QED) is 0.246. The van der Waals surface area contributed by atoms with Crippen molar-refractivity contribution < 1.29 is 22.8 Å². The van der Waals surface area contributed by atoms with E-state index in [1.54, 1.807) is 42.7 Å². The second kappa shape index (κ2) is 13.4. The minimum absolute atomic E-state index is 0.0563. The largest absolute Gasteiger partial charge is 0.416 e. The van der Waals surface area contributed by atoms with Crippen molar-refractivity contribution in [2.45, 2.75) is 56.7 Å². The normalized spacial score (nSPS) is 25.2. The monoisotopic (exact) mass is 660 g/mol. The molecule has 0 unspecified atom stereocenters. The maximum Gasteiger partial charge on any atom is 0.416 e. The van der Waals surface area contributed by atoms with Crippen molar-refractivity contribution in [1.82, 2.24) is 20.1 Å². The second-order valence-electron chi connectivity index (χ2n) is 13.1. The Balaban J connectivity index is 1.18. The highest BCUT2D eigenvalue weighted by molar-refractivity contribution is 6.06. The summed E-state index contributed by atoms with van der Waals surface area (Å²) in [4.78, 5) is 43.1. The molecule has 2 amide bonds. The fourth-order valence-electron chi connectivity index (χ4n) is 7.11. The first-order valence-electron chi connectivity index (χ1n) is 16.1. The van der Waals surface area contributed by atoms with Gasteiger partial charge < -0.3 is 21.3 Å². The van der Waals surface area contributed by atoms with Crippen molar-refractivity contribution in [1.29, 1.82) is 0 Å². The van der Waals surface area contributed by atoms with E-state index < -0.39 is 17.6 Å². The Labute approximate surface area is 277 Å². The average molecular weight is 661 g/mol. The summed E-state index contributed by atoms with van der Waals surface area (Å²) in [6.45, 7) is 2.96. The van der Waals surface area contributed by atoms with Crippen molar-refractivity contribution in [2.75, 3.05) is 32.0 Å². The molecule has 13 heteroatoms. The van der Waals surface area contributed by atoms with Gasteiger partial charge in [-0.3, -0.25) is 19.5 Å². The van der Waals surface area contributed by atoms with E-state index in [1.165, 1.54) is 12.8 Å². The number of rotatable bonds is 9. The Hall–Kier alpha value is -4.78. The van der Waals surface area contributed by atoms with Crippen LogP contribution >= 0.6 is 0 Å². The van der Waals surface area contributed by atoms with Crippen LogP contribution in [0.5, 0.6) is 0 Å². The van der Waals surface area contributed by atoms with Gasteiger partial charge in [-0.2, -0.15) is 13.2 Å². The summed E-state index contributed by atoms with van der Waals surface area (Å²) in [5.74, 6) is -0.588. The lowest BCUT2D eigenvalue weighted by Gasteiger charge is -2.27. The van der Waals surface area contributed by atoms with Crippen molar-refractivity contribution >= 4 is 35.4 Å². The molecule has 48 heavy (non-hydrogen) atoms. The number of likely N-dealkylation sites (tertiary alicyclic amines) is 1. The number of benzene rings is 1. The van der Waals surface area contributed by atoms with Crippen LogP contribution in [0, 0.1) is 5.41 Å². The third-order valence-electron chi connectivity index (χ3n) is 9.65. The fraction of sp³-hybridized carbons (Fsp3) is 0.400. The molecule has 2 saturated carbocycles. The van der Waals surface area contributed by atoms with Gasteiger partial charge in [0.05, 0.1) is 11.3 Å². The third kappa shape index (κ3) is 7.35. The number of hydrogen-bond acceptors (Lipinski definition) is 8. The number of pyridine rings is 1. The van der Waals surface area contributed by atoms with Crippen molar-refractivity contribution in [2.24, 2.45) is 21.1 Å². The Morgan fingerprint density at radius 1 is 1.06 bits per heavy atom. The third-order valence-corrected chi connectivity index (χ3v) is 9.65. The average Bonchev–Trinajstić information content (AvgIpc) is 3.79. The highest BCUT2D eigenvalue weighted by Crippen LogP contribution is 2.55. The predicted molar refractivity (Wildman–Crippen MR) is 179 cm³/mol. The Bertz CT molecular complexity index is 1700. The first-order valence-corrected chi connectivity index (χ1v) is 16.1. The molecular weight excluding hydrogens is 621 g/mol. The number of amides is 2. The number of aromatic nitrogens is 1. The highest BCUT2D eigenvalue weighted by atomic mass is 19.4.